The van der Waals surface area contributed by atoms with E-state index in [1.54, 1.807) is 12.4 Å². The predicted molar refractivity (Wildman–Crippen MR) is 61.7 cm³/mol. The summed E-state index contributed by atoms with van der Waals surface area (Å²) in [5, 5.41) is 0. The maximum atomic E-state index is 12.1. The van der Waals surface area contributed by atoms with Gasteiger partial charge in [-0.3, -0.25) is 9.59 Å². The van der Waals surface area contributed by atoms with E-state index in [1.165, 1.54) is 0 Å². The molecule has 2 rings (SSSR count). The highest BCUT2D eigenvalue weighted by atomic mass is 16.1. The lowest BCUT2D eigenvalue weighted by Crippen LogP contribution is -2.23. The Morgan fingerprint density at radius 1 is 1.06 bits per heavy atom. The Morgan fingerprint density at radius 2 is 1.50 bits per heavy atom. The monoisotopic (exact) mass is 219 g/mol. The van der Waals surface area contributed by atoms with E-state index in [0.29, 0.717) is 24.0 Å². The molecule has 0 spiro atoms. The number of fused-ring (bicyclic) bond motifs is 1. The Morgan fingerprint density at radius 3 is 1.88 bits per heavy atom. The molecule has 0 aromatic carbocycles. The van der Waals surface area contributed by atoms with Crippen LogP contribution in [0.2, 0.25) is 0 Å². The number of aromatic amines is 1. The van der Waals surface area contributed by atoms with Gasteiger partial charge < -0.3 is 4.98 Å². The third-order valence-corrected chi connectivity index (χ3v) is 3.92. The largest absolute Gasteiger partial charge is 0.366 e. The highest BCUT2D eigenvalue weighted by molar-refractivity contribution is 6.10. The fourth-order valence-corrected chi connectivity index (χ4v) is 2.51. The molecule has 0 radical (unpaired) electrons. The van der Waals surface area contributed by atoms with Crippen LogP contribution in [0.1, 0.15) is 60.2 Å². The number of ketones is 2. The van der Waals surface area contributed by atoms with Gasteiger partial charge in [0.05, 0.1) is 0 Å². The van der Waals surface area contributed by atoms with Gasteiger partial charge in [-0.2, -0.15) is 0 Å². The normalized spacial score (nSPS) is 19.4. The molecule has 1 aromatic rings. The number of rotatable bonds is 2. The van der Waals surface area contributed by atoms with Crippen LogP contribution in [0.25, 0.3) is 0 Å². The Balaban J connectivity index is 2.44. The molecular formula is C13H17NO2. The first-order chi connectivity index (χ1) is 7.62. The first-order valence-corrected chi connectivity index (χ1v) is 5.85. The number of hydrogen-bond donors (Lipinski definition) is 1. The van der Waals surface area contributed by atoms with Crippen LogP contribution in [0.4, 0.5) is 0 Å². The summed E-state index contributed by atoms with van der Waals surface area (Å²) in [5.41, 5.74) is 1.03. The molecular weight excluding hydrogens is 202 g/mol. The number of nitrogens with one attached hydrogen (secondary N) is 1. The summed E-state index contributed by atoms with van der Waals surface area (Å²) in [6.07, 6.45) is 6.06. The van der Waals surface area contributed by atoms with Crippen molar-refractivity contribution in [3.8, 4) is 0 Å². The zero-order valence-electron chi connectivity index (χ0n) is 9.80. The van der Waals surface area contributed by atoms with E-state index in [4.69, 9.17) is 0 Å². The minimum atomic E-state index is -0.125. The highest BCUT2D eigenvalue weighted by Crippen LogP contribution is 2.39. The van der Waals surface area contributed by atoms with E-state index in [-0.39, 0.29) is 17.0 Å². The number of H-pyrrole nitrogens is 1. The lowest BCUT2D eigenvalue weighted by Gasteiger charge is -2.28. The number of Topliss-reactive ketones (excluding diaryl/α,β-unsaturated/α-hetero) is 2. The summed E-state index contributed by atoms with van der Waals surface area (Å²) in [5.74, 6) is 0.205. The van der Waals surface area contributed by atoms with Crippen LogP contribution in [-0.4, -0.2) is 16.6 Å². The number of aromatic nitrogens is 1. The topological polar surface area (TPSA) is 49.9 Å². The van der Waals surface area contributed by atoms with Crippen molar-refractivity contribution >= 4 is 11.6 Å². The molecule has 0 unspecified atom stereocenters. The zero-order chi connectivity index (χ0) is 11.8. The lowest BCUT2D eigenvalue weighted by molar-refractivity contribution is 0.0844. The van der Waals surface area contributed by atoms with Gasteiger partial charge in [0.15, 0.2) is 11.6 Å². The van der Waals surface area contributed by atoms with E-state index in [2.05, 4.69) is 18.8 Å². The predicted octanol–water partition coefficient (Wildman–Crippen LogP) is 2.98. The summed E-state index contributed by atoms with van der Waals surface area (Å²) in [4.78, 5) is 27.0. The molecule has 1 aliphatic carbocycles. The highest BCUT2D eigenvalue weighted by Gasteiger charge is 2.37. The van der Waals surface area contributed by atoms with Crippen LogP contribution < -0.4 is 0 Å². The van der Waals surface area contributed by atoms with Crippen LogP contribution in [0.5, 0.6) is 0 Å². The molecule has 0 amide bonds. The van der Waals surface area contributed by atoms with Crippen LogP contribution in [-0.2, 0) is 0 Å². The maximum absolute atomic E-state index is 12.1. The van der Waals surface area contributed by atoms with Crippen molar-refractivity contribution in [2.45, 2.75) is 39.5 Å². The Hall–Kier alpha value is -1.38. The lowest BCUT2D eigenvalue weighted by atomic mass is 9.75. The quantitative estimate of drug-likeness (QED) is 0.777. The molecule has 0 saturated carbocycles. The second kappa shape index (κ2) is 3.89. The molecule has 0 bridgehead atoms. The summed E-state index contributed by atoms with van der Waals surface area (Å²) in [6.45, 7) is 4.12. The van der Waals surface area contributed by atoms with Crippen molar-refractivity contribution in [2.24, 2.45) is 5.41 Å². The molecule has 86 valence electrons. The van der Waals surface area contributed by atoms with E-state index in [1.807, 2.05) is 0 Å². The van der Waals surface area contributed by atoms with Gasteiger partial charge in [-0.25, -0.2) is 0 Å². The van der Waals surface area contributed by atoms with Crippen LogP contribution in [0, 0.1) is 5.41 Å². The SMILES string of the molecule is CCC1(CC)CC(=O)c2c[nH]cc2C(=O)C1. The molecule has 1 heterocycles. The van der Waals surface area contributed by atoms with Gasteiger partial charge in [0.25, 0.3) is 0 Å². The number of hydrogen-bond acceptors (Lipinski definition) is 2. The molecule has 1 aliphatic rings. The van der Waals surface area contributed by atoms with E-state index in [9.17, 15) is 9.59 Å². The van der Waals surface area contributed by atoms with Crippen molar-refractivity contribution in [1.82, 2.24) is 4.98 Å². The minimum absolute atomic E-state index is 0.103. The number of carbonyl (C=O) groups is 2. The van der Waals surface area contributed by atoms with Crippen LogP contribution in [0.3, 0.4) is 0 Å². The third-order valence-electron chi connectivity index (χ3n) is 3.92. The van der Waals surface area contributed by atoms with Crippen molar-refractivity contribution in [2.75, 3.05) is 0 Å². The van der Waals surface area contributed by atoms with E-state index >= 15 is 0 Å². The smallest absolute Gasteiger partial charge is 0.165 e. The van der Waals surface area contributed by atoms with Crippen molar-refractivity contribution in [1.29, 1.82) is 0 Å². The van der Waals surface area contributed by atoms with Gasteiger partial charge in [0.2, 0.25) is 0 Å². The summed E-state index contributed by atoms with van der Waals surface area (Å²) < 4.78 is 0. The average Bonchev–Trinajstić information content (AvgIpc) is 2.73. The van der Waals surface area contributed by atoms with Gasteiger partial charge >= 0.3 is 0 Å². The standard InChI is InChI=1S/C13H17NO2/c1-3-13(4-2)5-11(15)9-7-14-8-10(9)12(16)6-13/h7-8,14H,3-6H2,1-2H3. The Labute approximate surface area is 95.2 Å². The fraction of sp³-hybridized carbons (Fsp3) is 0.538. The van der Waals surface area contributed by atoms with Gasteiger partial charge in [-0.05, 0) is 18.3 Å². The van der Waals surface area contributed by atoms with E-state index < -0.39 is 0 Å². The van der Waals surface area contributed by atoms with Crippen molar-refractivity contribution in [3.05, 3.63) is 23.5 Å². The molecule has 1 N–H and O–H groups in total. The third kappa shape index (κ3) is 1.60. The van der Waals surface area contributed by atoms with Gasteiger partial charge in [-0.1, -0.05) is 13.8 Å². The second-order valence-corrected chi connectivity index (χ2v) is 4.69. The van der Waals surface area contributed by atoms with Gasteiger partial charge in [-0.15, -0.1) is 0 Å². The molecule has 1 aromatic heterocycles. The van der Waals surface area contributed by atoms with Crippen molar-refractivity contribution < 1.29 is 9.59 Å². The maximum Gasteiger partial charge on any atom is 0.165 e. The average molecular weight is 219 g/mol. The molecule has 0 fully saturated rings. The fourth-order valence-electron chi connectivity index (χ4n) is 2.51. The molecule has 3 nitrogen and oxygen atoms in total. The van der Waals surface area contributed by atoms with Crippen LogP contribution in [0.15, 0.2) is 12.4 Å². The van der Waals surface area contributed by atoms with Crippen LogP contribution >= 0.6 is 0 Å². The Bertz CT molecular complexity index is 392. The van der Waals surface area contributed by atoms with Gasteiger partial charge in [0.1, 0.15) is 0 Å². The summed E-state index contributed by atoms with van der Waals surface area (Å²) in [7, 11) is 0. The molecule has 3 heteroatoms. The number of carbonyl (C=O) groups excluding carboxylic acids is 2. The first kappa shape index (κ1) is 11.1. The summed E-state index contributed by atoms with van der Waals surface area (Å²) >= 11 is 0. The second-order valence-electron chi connectivity index (χ2n) is 4.69. The summed E-state index contributed by atoms with van der Waals surface area (Å²) in [6, 6.07) is 0. The molecule has 0 atom stereocenters. The van der Waals surface area contributed by atoms with Crippen molar-refractivity contribution in [3.63, 3.8) is 0 Å². The molecule has 0 aliphatic heterocycles. The molecule has 16 heavy (non-hydrogen) atoms. The first-order valence-electron chi connectivity index (χ1n) is 5.85. The minimum Gasteiger partial charge on any atom is -0.366 e. The molecule has 0 saturated heterocycles. The van der Waals surface area contributed by atoms with E-state index in [0.717, 1.165) is 12.8 Å². The van der Waals surface area contributed by atoms with Gasteiger partial charge in [0, 0.05) is 36.4 Å². The zero-order valence-corrected chi connectivity index (χ0v) is 9.80. The Kier molecular flexibility index (Phi) is 2.70.